The number of rotatable bonds is 1. The van der Waals surface area contributed by atoms with Crippen LogP contribution in [0.15, 0.2) is 6.20 Å². The lowest BCUT2D eigenvalue weighted by Crippen LogP contribution is -2.23. The minimum Gasteiger partial charge on any atom is -0.300 e. The number of nitrogens with zero attached hydrogens (tertiary/aromatic N) is 2. The standard InChI is InChI=1S/C4H4IN3O2/c1-3-6-2-4(7(3)5)8(9)10/h2H,1H3/p+1. The monoisotopic (exact) mass is 254 g/mol. The highest BCUT2D eigenvalue weighted by atomic mass is 127. The number of nitro groups is 1. The van der Waals surface area contributed by atoms with Crippen molar-refractivity contribution in [2.24, 2.45) is 0 Å². The number of aromatic nitrogens is 2. The average Bonchev–Trinajstić information content (AvgIpc) is 2.14. The maximum atomic E-state index is 10.2. The Bertz CT molecular complexity index is 269. The van der Waals surface area contributed by atoms with Crippen molar-refractivity contribution in [1.29, 1.82) is 0 Å². The van der Waals surface area contributed by atoms with Crippen molar-refractivity contribution in [3.05, 3.63) is 22.1 Å². The van der Waals surface area contributed by atoms with Crippen molar-refractivity contribution in [3.63, 3.8) is 0 Å². The van der Waals surface area contributed by atoms with Crippen molar-refractivity contribution in [1.82, 2.24) is 4.98 Å². The summed E-state index contributed by atoms with van der Waals surface area (Å²) in [6.07, 6.45) is 1.36. The molecule has 0 saturated carbocycles. The van der Waals surface area contributed by atoms with Gasteiger partial charge in [0.1, 0.15) is 4.92 Å². The van der Waals surface area contributed by atoms with E-state index in [0.29, 0.717) is 0 Å². The molecule has 0 bridgehead atoms. The summed E-state index contributed by atoms with van der Waals surface area (Å²) in [7, 11) is 0. The van der Waals surface area contributed by atoms with Crippen LogP contribution in [-0.4, -0.2) is 9.91 Å². The lowest BCUT2D eigenvalue weighted by atomic mass is 10.7. The molecule has 0 spiro atoms. The van der Waals surface area contributed by atoms with Crippen molar-refractivity contribution >= 4 is 28.7 Å². The van der Waals surface area contributed by atoms with Gasteiger partial charge in [-0.25, -0.2) is 0 Å². The molecule has 5 nitrogen and oxygen atoms in total. The maximum Gasteiger partial charge on any atom is 0.527 e. The molecule has 1 aromatic rings. The molecule has 0 aliphatic carbocycles. The van der Waals surface area contributed by atoms with Crippen LogP contribution in [-0.2, 0) is 0 Å². The van der Waals surface area contributed by atoms with E-state index in [4.69, 9.17) is 0 Å². The van der Waals surface area contributed by atoms with Gasteiger partial charge in [-0.3, -0.25) is 10.1 Å². The van der Waals surface area contributed by atoms with Crippen molar-refractivity contribution in [2.45, 2.75) is 6.92 Å². The zero-order chi connectivity index (χ0) is 7.72. The third-order valence-electron chi connectivity index (χ3n) is 1.09. The van der Waals surface area contributed by atoms with Crippen molar-refractivity contribution in [3.8, 4) is 0 Å². The molecule has 0 atom stereocenters. The molecule has 0 unspecified atom stereocenters. The molecular weight excluding hydrogens is 249 g/mol. The van der Waals surface area contributed by atoms with Crippen LogP contribution in [0.1, 0.15) is 5.82 Å². The topological polar surface area (TPSA) is 62.8 Å². The maximum absolute atomic E-state index is 10.2. The normalized spacial score (nSPS) is 9.80. The molecule has 1 N–H and O–H groups in total. The van der Waals surface area contributed by atoms with Crippen LogP contribution in [0.4, 0.5) is 5.82 Å². The van der Waals surface area contributed by atoms with Crippen LogP contribution in [0.5, 0.6) is 0 Å². The highest BCUT2D eigenvalue weighted by Crippen LogP contribution is 2.04. The van der Waals surface area contributed by atoms with Crippen LogP contribution in [0.2, 0.25) is 0 Å². The molecule has 54 valence electrons. The predicted molar refractivity (Wildman–Crippen MR) is 41.8 cm³/mol. The molecule has 1 aromatic heterocycles. The molecule has 6 heteroatoms. The Balaban J connectivity index is 3.17. The number of hydrogen-bond donors (Lipinski definition) is 1. The summed E-state index contributed by atoms with van der Waals surface area (Å²) in [6.45, 7) is 1.76. The predicted octanol–water partition coefficient (Wildman–Crippen LogP) is 0.717. The molecule has 0 radical (unpaired) electrons. The number of H-pyrrole nitrogens is 1. The first-order valence-corrected chi connectivity index (χ1v) is 3.50. The summed E-state index contributed by atoms with van der Waals surface area (Å²) >= 11 is 1.86. The van der Waals surface area contributed by atoms with Gasteiger partial charge >= 0.3 is 28.7 Å². The molecule has 0 amide bonds. The fourth-order valence-corrected chi connectivity index (χ4v) is 1.03. The highest BCUT2D eigenvalue weighted by Gasteiger charge is 2.24. The summed E-state index contributed by atoms with van der Waals surface area (Å²) in [4.78, 5) is 12.5. The lowest BCUT2D eigenvalue weighted by molar-refractivity contribution is -0.559. The van der Waals surface area contributed by atoms with E-state index in [1.807, 2.05) is 22.9 Å². The Kier molecular flexibility index (Phi) is 1.88. The van der Waals surface area contributed by atoms with Gasteiger partial charge in [0.25, 0.3) is 5.82 Å². The molecule has 0 aromatic carbocycles. The third kappa shape index (κ3) is 1.11. The van der Waals surface area contributed by atoms with Crippen LogP contribution < -0.4 is 2.78 Å². The smallest absolute Gasteiger partial charge is 0.300 e. The number of aromatic amines is 1. The SMILES string of the molecule is Cc1[nH]cc([N+](=O)[O-])[n+]1I. The quantitative estimate of drug-likeness (QED) is 0.456. The van der Waals surface area contributed by atoms with Gasteiger partial charge in [0.2, 0.25) is 0 Å². The van der Waals surface area contributed by atoms with E-state index in [-0.39, 0.29) is 5.82 Å². The molecule has 0 aliphatic rings. The number of aryl methyl sites for hydroxylation is 1. The number of nitrogens with one attached hydrogen (secondary N) is 1. The zero-order valence-electron chi connectivity index (χ0n) is 5.17. The van der Waals surface area contributed by atoms with E-state index in [0.717, 1.165) is 5.82 Å². The second-order valence-electron chi connectivity index (χ2n) is 1.77. The van der Waals surface area contributed by atoms with Crippen LogP contribution in [0, 0.1) is 17.0 Å². The highest BCUT2D eigenvalue weighted by molar-refractivity contribution is 14.1. The molecule has 1 rings (SSSR count). The van der Waals surface area contributed by atoms with Gasteiger partial charge in [-0.2, -0.15) is 0 Å². The first kappa shape index (κ1) is 7.45. The summed E-state index contributed by atoms with van der Waals surface area (Å²) < 4.78 is 1.46. The number of hydrogen-bond acceptors (Lipinski definition) is 2. The second-order valence-corrected chi connectivity index (χ2v) is 2.74. The first-order valence-electron chi connectivity index (χ1n) is 2.53. The third-order valence-corrected chi connectivity index (χ3v) is 2.31. The Morgan fingerprint density at radius 3 is 2.70 bits per heavy atom. The Morgan fingerprint density at radius 2 is 2.50 bits per heavy atom. The van der Waals surface area contributed by atoms with Gasteiger partial charge in [-0.1, -0.05) is 2.78 Å². The summed E-state index contributed by atoms with van der Waals surface area (Å²) in [5.41, 5.74) is 0. The summed E-state index contributed by atoms with van der Waals surface area (Å²) in [5, 5.41) is 10.2. The average molecular weight is 254 g/mol. The van der Waals surface area contributed by atoms with Gasteiger partial charge in [-0.05, 0) is 0 Å². The van der Waals surface area contributed by atoms with E-state index in [9.17, 15) is 10.1 Å². The molecule has 10 heavy (non-hydrogen) atoms. The van der Waals surface area contributed by atoms with E-state index in [1.54, 1.807) is 6.92 Å². The van der Waals surface area contributed by atoms with Crippen LogP contribution in [0.3, 0.4) is 0 Å². The number of halogens is 1. The molecule has 1 heterocycles. The molecule has 0 saturated heterocycles. The fraction of sp³-hybridized carbons (Fsp3) is 0.250. The molecule has 0 fully saturated rings. The minimum absolute atomic E-state index is 0.0677. The first-order chi connectivity index (χ1) is 4.63. The Morgan fingerprint density at radius 1 is 1.90 bits per heavy atom. The van der Waals surface area contributed by atoms with Gasteiger partial charge in [0.15, 0.2) is 6.20 Å². The van der Waals surface area contributed by atoms with Crippen LogP contribution in [0.25, 0.3) is 0 Å². The van der Waals surface area contributed by atoms with Gasteiger partial charge in [0, 0.05) is 6.92 Å². The second kappa shape index (κ2) is 2.52. The largest absolute Gasteiger partial charge is 0.527 e. The summed E-state index contributed by atoms with van der Waals surface area (Å²) in [6, 6.07) is 0. The minimum atomic E-state index is -0.435. The van der Waals surface area contributed by atoms with Crippen molar-refractivity contribution < 1.29 is 7.70 Å². The summed E-state index contributed by atoms with van der Waals surface area (Å²) in [5.74, 6) is 0.824. The van der Waals surface area contributed by atoms with E-state index in [1.165, 1.54) is 8.98 Å². The zero-order valence-corrected chi connectivity index (χ0v) is 7.32. The Hall–Kier alpha value is -0.660. The van der Waals surface area contributed by atoms with Gasteiger partial charge in [-0.15, -0.1) is 0 Å². The molecule has 0 aliphatic heterocycles. The Labute approximate surface area is 70.7 Å². The fourth-order valence-electron chi connectivity index (χ4n) is 0.579. The lowest BCUT2D eigenvalue weighted by Gasteiger charge is -1.77. The van der Waals surface area contributed by atoms with E-state index < -0.39 is 4.92 Å². The van der Waals surface area contributed by atoms with Gasteiger partial charge < -0.3 is 4.98 Å². The van der Waals surface area contributed by atoms with Gasteiger partial charge in [0.05, 0.1) is 0 Å². The number of imidazole rings is 1. The van der Waals surface area contributed by atoms with E-state index >= 15 is 0 Å². The molecular formula is C4H5IN3O2+. The van der Waals surface area contributed by atoms with Crippen LogP contribution >= 0.6 is 22.9 Å². The van der Waals surface area contributed by atoms with Crippen molar-refractivity contribution in [2.75, 3.05) is 0 Å². The van der Waals surface area contributed by atoms with E-state index in [2.05, 4.69) is 4.98 Å².